The van der Waals surface area contributed by atoms with E-state index in [-0.39, 0.29) is 6.10 Å². The molecule has 1 aromatic rings. The molecule has 2 N–H and O–H groups in total. The van der Waals surface area contributed by atoms with E-state index >= 15 is 0 Å². The average molecular weight is 251 g/mol. The molecule has 0 spiro atoms. The molecule has 0 radical (unpaired) electrons. The largest absolute Gasteiger partial charge is 0.390 e. The molecule has 1 aliphatic rings. The number of aliphatic hydroxyl groups excluding tert-OH is 1. The van der Waals surface area contributed by atoms with Crippen molar-refractivity contribution in [3.8, 4) is 11.8 Å². The van der Waals surface area contributed by atoms with E-state index in [0.29, 0.717) is 0 Å². The molecule has 17 heavy (non-hydrogen) atoms. The van der Waals surface area contributed by atoms with Gasteiger partial charge >= 0.3 is 0 Å². The van der Waals surface area contributed by atoms with Crippen molar-refractivity contribution >= 4 is 11.3 Å². The van der Waals surface area contributed by atoms with E-state index in [1.165, 1.54) is 4.88 Å². The molecule has 0 amide bonds. The van der Waals surface area contributed by atoms with Crippen LogP contribution in [-0.2, 0) is 6.54 Å². The molecule has 0 atom stereocenters. The minimum atomic E-state index is -0.939. The predicted octanol–water partition coefficient (Wildman–Crippen LogP) is 1.05. The maximum atomic E-state index is 9.50. The van der Waals surface area contributed by atoms with Crippen LogP contribution in [0.4, 0.5) is 0 Å². The lowest BCUT2D eigenvalue weighted by molar-refractivity contribution is -0.00228. The van der Waals surface area contributed by atoms with Gasteiger partial charge in [-0.2, -0.15) is 0 Å². The fourth-order valence-corrected chi connectivity index (χ4v) is 2.54. The zero-order chi connectivity index (χ0) is 12.5. The molecule has 1 aliphatic heterocycles. The summed E-state index contributed by atoms with van der Waals surface area (Å²) >= 11 is 1.64. The zero-order valence-electron chi connectivity index (χ0n) is 10.1. The molecule has 0 bridgehead atoms. The zero-order valence-corrected chi connectivity index (χ0v) is 10.9. The molecule has 2 heterocycles. The third-order valence-electron chi connectivity index (χ3n) is 2.47. The van der Waals surface area contributed by atoms with E-state index < -0.39 is 5.60 Å². The molecule has 0 saturated carbocycles. The normalized spacial score (nSPS) is 17.4. The van der Waals surface area contributed by atoms with Crippen LogP contribution in [0.2, 0.25) is 0 Å². The van der Waals surface area contributed by atoms with Crippen LogP contribution in [0.3, 0.4) is 0 Å². The van der Waals surface area contributed by atoms with Gasteiger partial charge < -0.3 is 10.2 Å². The van der Waals surface area contributed by atoms with Crippen LogP contribution >= 0.6 is 11.3 Å². The first-order chi connectivity index (χ1) is 7.92. The van der Waals surface area contributed by atoms with E-state index in [9.17, 15) is 10.2 Å². The van der Waals surface area contributed by atoms with Crippen molar-refractivity contribution in [3.63, 3.8) is 0 Å². The Morgan fingerprint density at radius 3 is 2.76 bits per heavy atom. The van der Waals surface area contributed by atoms with Gasteiger partial charge in [0.05, 0.1) is 11.0 Å². The summed E-state index contributed by atoms with van der Waals surface area (Å²) in [5, 5.41) is 18.7. The van der Waals surface area contributed by atoms with Gasteiger partial charge in [0.15, 0.2) is 0 Å². The molecule has 0 aliphatic carbocycles. The van der Waals surface area contributed by atoms with E-state index in [4.69, 9.17) is 0 Å². The summed E-state index contributed by atoms with van der Waals surface area (Å²) in [6.45, 7) is 5.77. The first kappa shape index (κ1) is 12.6. The van der Waals surface area contributed by atoms with Gasteiger partial charge in [-0.05, 0) is 26.0 Å². The number of likely N-dealkylation sites (tertiary alicyclic amines) is 1. The minimum Gasteiger partial charge on any atom is -0.390 e. The first-order valence-corrected chi connectivity index (χ1v) is 6.49. The van der Waals surface area contributed by atoms with E-state index in [0.717, 1.165) is 24.5 Å². The molecule has 1 fully saturated rings. The van der Waals surface area contributed by atoms with Crippen molar-refractivity contribution in [1.29, 1.82) is 0 Å². The smallest absolute Gasteiger partial charge is 0.120 e. The second kappa shape index (κ2) is 4.79. The number of rotatable bonds is 2. The standard InChI is InChI=1S/C13H17NO2S/c1-13(2,16)6-5-11-3-4-12(17-11)9-14-7-10(15)8-14/h3-4,10,15-16H,7-9H2,1-2H3. The molecule has 1 aromatic heterocycles. The van der Waals surface area contributed by atoms with Gasteiger partial charge in [0.2, 0.25) is 0 Å². The van der Waals surface area contributed by atoms with Gasteiger partial charge in [-0.15, -0.1) is 11.3 Å². The lowest BCUT2D eigenvalue weighted by Crippen LogP contribution is -2.49. The molecule has 2 rings (SSSR count). The lowest BCUT2D eigenvalue weighted by atomic mass is 10.1. The number of β-amino-alcohol motifs (C(OH)–C–C–N with tert-alkyl or cyclic N) is 1. The summed E-state index contributed by atoms with van der Waals surface area (Å²) in [6, 6.07) is 4.04. The Morgan fingerprint density at radius 1 is 1.47 bits per heavy atom. The SMILES string of the molecule is CC(C)(O)C#Cc1ccc(CN2CC(O)C2)s1. The van der Waals surface area contributed by atoms with E-state index in [1.54, 1.807) is 25.2 Å². The van der Waals surface area contributed by atoms with E-state index in [2.05, 4.69) is 22.8 Å². The number of hydrogen-bond donors (Lipinski definition) is 2. The molecule has 3 nitrogen and oxygen atoms in total. The van der Waals surface area contributed by atoms with Crippen molar-refractivity contribution in [1.82, 2.24) is 4.90 Å². The van der Waals surface area contributed by atoms with Gasteiger partial charge in [0.1, 0.15) is 5.60 Å². The van der Waals surface area contributed by atoms with Gasteiger partial charge in [0, 0.05) is 24.5 Å². The van der Waals surface area contributed by atoms with Crippen LogP contribution in [0.15, 0.2) is 12.1 Å². The highest BCUT2D eigenvalue weighted by molar-refractivity contribution is 7.12. The van der Waals surface area contributed by atoms with Crippen LogP contribution in [0.25, 0.3) is 0 Å². The Kier molecular flexibility index (Phi) is 3.55. The van der Waals surface area contributed by atoms with Crippen LogP contribution in [0, 0.1) is 11.8 Å². The lowest BCUT2D eigenvalue weighted by Gasteiger charge is -2.35. The van der Waals surface area contributed by atoms with Crippen molar-refractivity contribution in [2.24, 2.45) is 0 Å². The maximum absolute atomic E-state index is 9.50. The Balaban J connectivity index is 1.93. The fraction of sp³-hybridized carbons (Fsp3) is 0.538. The molecular weight excluding hydrogens is 234 g/mol. The van der Waals surface area contributed by atoms with E-state index in [1.807, 2.05) is 6.07 Å². The molecule has 1 saturated heterocycles. The van der Waals surface area contributed by atoms with Crippen molar-refractivity contribution in [2.75, 3.05) is 13.1 Å². The number of hydrogen-bond acceptors (Lipinski definition) is 4. The molecule has 92 valence electrons. The second-order valence-corrected chi connectivity index (χ2v) is 6.09. The maximum Gasteiger partial charge on any atom is 0.120 e. The summed E-state index contributed by atoms with van der Waals surface area (Å²) in [6.07, 6.45) is -0.149. The van der Waals surface area contributed by atoms with Gasteiger partial charge in [-0.3, -0.25) is 4.90 Å². The van der Waals surface area contributed by atoms with Gasteiger partial charge in [-0.25, -0.2) is 0 Å². The summed E-state index contributed by atoms with van der Waals surface area (Å²) in [5.74, 6) is 5.78. The summed E-state index contributed by atoms with van der Waals surface area (Å²) < 4.78 is 0. The fourth-order valence-electron chi connectivity index (χ4n) is 1.64. The second-order valence-electron chi connectivity index (χ2n) is 4.92. The topological polar surface area (TPSA) is 43.7 Å². The number of aliphatic hydroxyl groups is 2. The summed E-state index contributed by atoms with van der Waals surface area (Å²) in [5.41, 5.74) is -0.939. The third-order valence-corrected chi connectivity index (χ3v) is 3.46. The minimum absolute atomic E-state index is 0.149. The predicted molar refractivity (Wildman–Crippen MR) is 68.8 cm³/mol. The third kappa shape index (κ3) is 3.83. The van der Waals surface area contributed by atoms with Crippen LogP contribution < -0.4 is 0 Å². The average Bonchev–Trinajstić information content (AvgIpc) is 2.59. The highest BCUT2D eigenvalue weighted by Gasteiger charge is 2.24. The Morgan fingerprint density at radius 2 is 2.18 bits per heavy atom. The molecule has 0 aromatic carbocycles. The Bertz CT molecular complexity index is 444. The highest BCUT2D eigenvalue weighted by Crippen LogP contribution is 2.20. The van der Waals surface area contributed by atoms with Crippen LogP contribution in [-0.4, -0.2) is 39.9 Å². The number of nitrogens with zero attached hydrogens (tertiary/aromatic N) is 1. The molecular formula is C13H17NO2S. The summed E-state index contributed by atoms with van der Waals surface area (Å²) in [7, 11) is 0. The monoisotopic (exact) mass is 251 g/mol. The van der Waals surface area contributed by atoms with Crippen LogP contribution in [0.5, 0.6) is 0 Å². The van der Waals surface area contributed by atoms with Crippen molar-refractivity contribution < 1.29 is 10.2 Å². The highest BCUT2D eigenvalue weighted by atomic mass is 32.1. The van der Waals surface area contributed by atoms with Crippen molar-refractivity contribution in [2.45, 2.75) is 32.1 Å². The van der Waals surface area contributed by atoms with Crippen molar-refractivity contribution in [3.05, 3.63) is 21.9 Å². The van der Waals surface area contributed by atoms with Gasteiger partial charge in [-0.1, -0.05) is 11.8 Å². The molecule has 4 heteroatoms. The van der Waals surface area contributed by atoms with Gasteiger partial charge in [0.25, 0.3) is 0 Å². The quantitative estimate of drug-likeness (QED) is 0.772. The Hall–Kier alpha value is -0.860. The summed E-state index contributed by atoms with van der Waals surface area (Å²) in [4.78, 5) is 4.42. The molecule has 0 unspecified atom stereocenters. The Labute approximate surface area is 106 Å². The van der Waals surface area contributed by atoms with Crippen LogP contribution in [0.1, 0.15) is 23.6 Å². The number of thiophene rings is 1. The first-order valence-electron chi connectivity index (χ1n) is 5.67.